The first-order valence-electron chi connectivity index (χ1n) is 7.19. The third-order valence-corrected chi connectivity index (χ3v) is 5.19. The van der Waals surface area contributed by atoms with Crippen LogP contribution in [0.3, 0.4) is 0 Å². The van der Waals surface area contributed by atoms with Crippen molar-refractivity contribution >= 4 is 21.8 Å². The second-order valence-corrected chi connectivity index (χ2v) is 6.64. The second kappa shape index (κ2) is 7.55. The predicted molar refractivity (Wildman–Crippen MR) is 76.7 cm³/mol. The highest BCUT2D eigenvalue weighted by Gasteiger charge is 2.37. The maximum absolute atomic E-state index is 13.0. The van der Waals surface area contributed by atoms with Crippen molar-refractivity contribution in [1.29, 1.82) is 0 Å². The first-order chi connectivity index (χ1) is 8.89. The van der Waals surface area contributed by atoms with E-state index in [2.05, 4.69) is 35.1 Å². The highest BCUT2D eigenvalue weighted by Crippen LogP contribution is 2.36. The van der Waals surface area contributed by atoms with Gasteiger partial charge in [-0.15, -0.1) is 0 Å². The molecule has 2 nitrogen and oxygen atoms in total. The Labute approximate surface area is 122 Å². The largest absolute Gasteiger partial charge is 0.355 e. The van der Waals surface area contributed by atoms with Crippen molar-refractivity contribution in [2.75, 3.05) is 6.54 Å². The van der Waals surface area contributed by atoms with Crippen LogP contribution in [0.1, 0.15) is 52.4 Å². The van der Waals surface area contributed by atoms with Gasteiger partial charge in [0.2, 0.25) is 11.8 Å². The molecule has 112 valence electrons. The van der Waals surface area contributed by atoms with E-state index in [-0.39, 0.29) is 29.5 Å². The zero-order chi connectivity index (χ0) is 14.5. The van der Waals surface area contributed by atoms with Gasteiger partial charge in [0.05, 0.1) is 0 Å². The lowest BCUT2D eigenvalue weighted by Crippen LogP contribution is -2.39. The molecule has 1 atom stereocenters. The predicted octanol–water partition coefficient (Wildman–Crippen LogP) is 4.13. The molecule has 1 amide bonds. The van der Waals surface area contributed by atoms with E-state index in [4.69, 9.17) is 0 Å². The zero-order valence-electron chi connectivity index (χ0n) is 11.7. The van der Waals surface area contributed by atoms with Crippen LogP contribution in [0.4, 0.5) is 8.78 Å². The standard InChI is InChI=1S/C14H24BrF2NO/c1-3-10(4-2)12(15)9-18-13(19)11-5-7-14(16,17)8-6-11/h10-12H,3-9H2,1-2H3,(H,18,19). The smallest absolute Gasteiger partial charge is 0.248 e. The van der Waals surface area contributed by atoms with E-state index in [1.54, 1.807) is 0 Å². The number of hydrogen-bond acceptors (Lipinski definition) is 1. The van der Waals surface area contributed by atoms with Crippen molar-refractivity contribution in [2.24, 2.45) is 11.8 Å². The van der Waals surface area contributed by atoms with Crippen molar-refractivity contribution in [3.8, 4) is 0 Å². The van der Waals surface area contributed by atoms with Crippen LogP contribution in [-0.2, 0) is 4.79 Å². The van der Waals surface area contributed by atoms with E-state index in [1.165, 1.54) is 0 Å². The molecule has 1 aliphatic carbocycles. The molecule has 0 aromatic carbocycles. The van der Waals surface area contributed by atoms with Crippen molar-refractivity contribution in [3.05, 3.63) is 0 Å². The Morgan fingerprint density at radius 1 is 1.32 bits per heavy atom. The lowest BCUT2D eigenvalue weighted by Gasteiger charge is -2.28. The van der Waals surface area contributed by atoms with Gasteiger partial charge in [0.15, 0.2) is 0 Å². The van der Waals surface area contributed by atoms with Gasteiger partial charge in [0.1, 0.15) is 0 Å². The SMILES string of the molecule is CCC(CC)C(Br)CNC(=O)C1CCC(F)(F)CC1. The molecule has 1 rings (SSSR count). The molecule has 0 spiro atoms. The van der Waals surface area contributed by atoms with Crippen LogP contribution >= 0.6 is 15.9 Å². The fraction of sp³-hybridized carbons (Fsp3) is 0.929. The Kier molecular flexibility index (Phi) is 6.71. The average molecular weight is 340 g/mol. The van der Waals surface area contributed by atoms with E-state index in [0.717, 1.165) is 12.8 Å². The van der Waals surface area contributed by atoms with Crippen LogP contribution in [0.25, 0.3) is 0 Å². The fourth-order valence-corrected chi connectivity index (χ4v) is 3.52. The first-order valence-corrected chi connectivity index (χ1v) is 8.10. The summed E-state index contributed by atoms with van der Waals surface area (Å²) in [6.07, 6.45) is 2.42. The Bertz CT molecular complexity index is 285. The Hall–Kier alpha value is -0.190. The first kappa shape index (κ1) is 16.9. The Morgan fingerprint density at radius 3 is 2.32 bits per heavy atom. The van der Waals surface area contributed by atoms with Gasteiger partial charge < -0.3 is 5.32 Å². The number of halogens is 3. The summed E-state index contributed by atoms with van der Waals surface area (Å²) in [5, 5.41) is 2.90. The monoisotopic (exact) mass is 339 g/mol. The molecule has 1 fully saturated rings. The molecule has 0 heterocycles. The van der Waals surface area contributed by atoms with Gasteiger partial charge in [0, 0.05) is 30.1 Å². The molecule has 0 aliphatic heterocycles. The van der Waals surface area contributed by atoms with Crippen molar-refractivity contribution in [2.45, 2.75) is 63.1 Å². The number of amides is 1. The van der Waals surface area contributed by atoms with E-state index in [0.29, 0.717) is 25.3 Å². The minimum Gasteiger partial charge on any atom is -0.355 e. The average Bonchev–Trinajstić information content (AvgIpc) is 2.37. The van der Waals surface area contributed by atoms with Gasteiger partial charge in [-0.25, -0.2) is 8.78 Å². The van der Waals surface area contributed by atoms with Gasteiger partial charge in [0.25, 0.3) is 0 Å². The molecule has 1 aliphatic rings. The number of alkyl halides is 3. The molecule has 0 radical (unpaired) electrons. The van der Waals surface area contributed by atoms with Crippen LogP contribution in [0.2, 0.25) is 0 Å². The second-order valence-electron chi connectivity index (χ2n) is 5.47. The molecule has 1 saturated carbocycles. The van der Waals surface area contributed by atoms with Gasteiger partial charge in [-0.3, -0.25) is 4.79 Å². The van der Waals surface area contributed by atoms with Gasteiger partial charge >= 0.3 is 0 Å². The molecule has 0 aromatic heterocycles. The number of carbonyl (C=O) groups is 1. The Morgan fingerprint density at radius 2 is 1.84 bits per heavy atom. The fourth-order valence-electron chi connectivity index (χ4n) is 2.61. The van der Waals surface area contributed by atoms with E-state index < -0.39 is 5.92 Å². The van der Waals surface area contributed by atoms with Crippen LogP contribution < -0.4 is 5.32 Å². The minimum atomic E-state index is -2.57. The normalized spacial score (nSPS) is 21.4. The van der Waals surface area contributed by atoms with Crippen LogP contribution in [-0.4, -0.2) is 23.2 Å². The van der Waals surface area contributed by atoms with E-state index >= 15 is 0 Å². The number of carbonyl (C=O) groups excluding carboxylic acids is 1. The summed E-state index contributed by atoms with van der Waals surface area (Å²) in [5.41, 5.74) is 0. The molecular formula is C14H24BrF2NO. The van der Waals surface area contributed by atoms with Crippen LogP contribution in [0.5, 0.6) is 0 Å². The zero-order valence-corrected chi connectivity index (χ0v) is 13.3. The number of rotatable bonds is 6. The van der Waals surface area contributed by atoms with Gasteiger partial charge in [-0.2, -0.15) is 0 Å². The Balaban J connectivity index is 2.32. The summed E-state index contributed by atoms with van der Waals surface area (Å²) in [6, 6.07) is 0. The summed E-state index contributed by atoms with van der Waals surface area (Å²) in [5.74, 6) is -2.33. The number of hydrogen-bond donors (Lipinski definition) is 1. The summed E-state index contributed by atoms with van der Waals surface area (Å²) in [6.45, 7) is 4.85. The lowest BCUT2D eigenvalue weighted by molar-refractivity contribution is -0.129. The van der Waals surface area contributed by atoms with Gasteiger partial charge in [-0.05, 0) is 18.8 Å². The summed E-state index contributed by atoms with van der Waals surface area (Å²) >= 11 is 3.60. The molecule has 0 aromatic rings. The molecule has 0 saturated heterocycles. The lowest BCUT2D eigenvalue weighted by atomic mass is 9.86. The highest BCUT2D eigenvalue weighted by molar-refractivity contribution is 9.09. The quantitative estimate of drug-likeness (QED) is 0.724. The van der Waals surface area contributed by atoms with E-state index in [9.17, 15) is 13.6 Å². The maximum atomic E-state index is 13.0. The summed E-state index contributed by atoms with van der Waals surface area (Å²) in [4.78, 5) is 12.2. The highest BCUT2D eigenvalue weighted by atomic mass is 79.9. The van der Waals surface area contributed by atoms with Crippen LogP contribution in [0.15, 0.2) is 0 Å². The molecule has 1 N–H and O–H groups in total. The minimum absolute atomic E-state index is 0.0640. The summed E-state index contributed by atoms with van der Waals surface area (Å²) in [7, 11) is 0. The summed E-state index contributed by atoms with van der Waals surface area (Å²) < 4.78 is 26.0. The molecular weight excluding hydrogens is 316 g/mol. The number of nitrogens with one attached hydrogen (secondary N) is 1. The van der Waals surface area contributed by atoms with Crippen molar-refractivity contribution < 1.29 is 13.6 Å². The van der Waals surface area contributed by atoms with Crippen molar-refractivity contribution in [1.82, 2.24) is 5.32 Å². The molecule has 5 heteroatoms. The molecule has 0 bridgehead atoms. The molecule has 1 unspecified atom stereocenters. The van der Waals surface area contributed by atoms with E-state index in [1.807, 2.05) is 0 Å². The third-order valence-electron chi connectivity index (χ3n) is 4.12. The maximum Gasteiger partial charge on any atom is 0.248 e. The third kappa shape index (κ3) is 5.36. The molecule has 19 heavy (non-hydrogen) atoms. The van der Waals surface area contributed by atoms with Gasteiger partial charge in [-0.1, -0.05) is 42.6 Å². The van der Waals surface area contributed by atoms with Crippen molar-refractivity contribution in [3.63, 3.8) is 0 Å². The van der Waals surface area contributed by atoms with Crippen LogP contribution in [0, 0.1) is 11.8 Å². The topological polar surface area (TPSA) is 29.1 Å².